The third-order valence-corrected chi connectivity index (χ3v) is 8.46. The lowest BCUT2D eigenvalue weighted by Crippen LogP contribution is -2.49. The highest BCUT2D eigenvalue weighted by Gasteiger charge is 2.44. The van der Waals surface area contributed by atoms with Crippen molar-refractivity contribution in [3.8, 4) is 5.75 Å². The van der Waals surface area contributed by atoms with Gasteiger partial charge in [-0.25, -0.2) is 0 Å². The van der Waals surface area contributed by atoms with Crippen molar-refractivity contribution < 1.29 is 9.53 Å². The number of thioether (sulfide) groups is 1. The molecule has 2 heterocycles. The lowest BCUT2D eigenvalue weighted by atomic mass is 9.97. The second kappa shape index (κ2) is 10.7. The van der Waals surface area contributed by atoms with E-state index in [4.69, 9.17) is 16.3 Å². The summed E-state index contributed by atoms with van der Waals surface area (Å²) in [5, 5.41) is 0.754. The Morgan fingerprint density at radius 3 is 2.40 bits per heavy atom. The van der Waals surface area contributed by atoms with E-state index in [9.17, 15) is 4.79 Å². The lowest BCUT2D eigenvalue weighted by Gasteiger charge is -2.39. The molecule has 3 atom stereocenters. The number of nitrogens with zero attached hydrogens (tertiary/aromatic N) is 1. The summed E-state index contributed by atoms with van der Waals surface area (Å²) in [5.74, 6) is 2.43. The molecule has 5 heteroatoms. The molecule has 3 nitrogen and oxygen atoms in total. The van der Waals surface area contributed by atoms with Crippen LogP contribution in [-0.2, 0) is 5.75 Å². The van der Waals surface area contributed by atoms with Gasteiger partial charge in [-0.05, 0) is 66.3 Å². The van der Waals surface area contributed by atoms with Crippen LogP contribution in [0.25, 0.3) is 0 Å². The Labute approximate surface area is 217 Å². The summed E-state index contributed by atoms with van der Waals surface area (Å²) in [7, 11) is 0. The van der Waals surface area contributed by atoms with Crippen LogP contribution in [0, 0.1) is 0 Å². The van der Waals surface area contributed by atoms with Gasteiger partial charge in [0.1, 0.15) is 11.9 Å². The monoisotopic (exact) mass is 505 g/mol. The highest BCUT2D eigenvalue weighted by atomic mass is 35.5. The molecule has 2 bridgehead atoms. The molecule has 2 saturated heterocycles. The van der Waals surface area contributed by atoms with Crippen molar-refractivity contribution in [2.75, 3.05) is 0 Å². The molecule has 3 aromatic carbocycles. The van der Waals surface area contributed by atoms with Crippen molar-refractivity contribution in [2.24, 2.45) is 0 Å². The van der Waals surface area contributed by atoms with Gasteiger partial charge in [0.25, 0.3) is 5.91 Å². The molecule has 2 fully saturated rings. The van der Waals surface area contributed by atoms with Gasteiger partial charge >= 0.3 is 0 Å². The van der Waals surface area contributed by atoms with Crippen LogP contribution in [-0.4, -0.2) is 29.0 Å². The first kappa shape index (κ1) is 24.3. The van der Waals surface area contributed by atoms with Crippen LogP contribution in [0.3, 0.4) is 0 Å². The zero-order chi connectivity index (χ0) is 24.4. The van der Waals surface area contributed by atoms with Gasteiger partial charge in [0.15, 0.2) is 0 Å². The Balaban J connectivity index is 1.21. The van der Waals surface area contributed by atoms with Crippen LogP contribution in [0.2, 0.25) is 5.02 Å². The van der Waals surface area contributed by atoms with Gasteiger partial charge in [0.2, 0.25) is 0 Å². The minimum atomic E-state index is 0.160. The first-order valence-electron chi connectivity index (χ1n) is 12.5. The second-order valence-electron chi connectivity index (χ2n) is 9.94. The standard InChI is InChI=1S/C30H32ClNO2S/c1-20(2)28-8-3-4-9-29(28)34-26-17-24-14-15-25(18-26)32(24)30(33)22-12-10-21(11-13-22)19-35-27-7-5-6-23(31)16-27/h3-13,16,20,24-26H,14-15,17-19H2,1-2H3/t24-,25+,26?. The van der Waals surface area contributed by atoms with Crippen molar-refractivity contribution >= 4 is 29.3 Å². The van der Waals surface area contributed by atoms with E-state index >= 15 is 0 Å². The SMILES string of the molecule is CC(C)c1ccccc1OC1C[C@H]2CC[C@@H](C1)N2C(=O)c1ccc(CSc2cccc(Cl)c2)cc1. The summed E-state index contributed by atoms with van der Waals surface area (Å²) in [6, 6.07) is 24.9. The summed E-state index contributed by atoms with van der Waals surface area (Å²) in [5.41, 5.74) is 3.24. The molecule has 182 valence electrons. The first-order chi connectivity index (χ1) is 17.0. The van der Waals surface area contributed by atoms with Crippen molar-refractivity contribution in [2.45, 2.75) is 74.3 Å². The number of carbonyl (C=O) groups excluding carboxylic acids is 1. The molecule has 0 N–H and O–H groups in total. The number of hydrogen-bond acceptors (Lipinski definition) is 3. The Morgan fingerprint density at radius 2 is 1.71 bits per heavy atom. The van der Waals surface area contributed by atoms with Crippen molar-refractivity contribution in [3.63, 3.8) is 0 Å². The highest BCUT2D eigenvalue weighted by Crippen LogP contribution is 2.39. The topological polar surface area (TPSA) is 29.5 Å². The average molecular weight is 506 g/mol. The van der Waals surface area contributed by atoms with Gasteiger partial charge in [-0.1, -0.05) is 61.8 Å². The normalized spacial score (nSPS) is 21.4. The smallest absolute Gasteiger partial charge is 0.254 e. The third kappa shape index (κ3) is 5.54. The van der Waals surface area contributed by atoms with Crippen LogP contribution < -0.4 is 4.74 Å². The molecule has 1 amide bonds. The van der Waals surface area contributed by atoms with Crippen LogP contribution in [0.1, 0.15) is 66.9 Å². The van der Waals surface area contributed by atoms with Gasteiger partial charge < -0.3 is 9.64 Å². The van der Waals surface area contributed by atoms with Gasteiger partial charge in [0.05, 0.1) is 0 Å². The van der Waals surface area contributed by atoms with E-state index in [1.807, 2.05) is 36.4 Å². The third-order valence-electron chi connectivity index (χ3n) is 7.16. The fourth-order valence-corrected chi connectivity index (χ4v) is 6.58. The molecule has 0 radical (unpaired) electrons. The van der Waals surface area contributed by atoms with Gasteiger partial charge in [-0.3, -0.25) is 4.79 Å². The first-order valence-corrected chi connectivity index (χ1v) is 13.9. The van der Waals surface area contributed by atoms with Gasteiger partial charge in [-0.15, -0.1) is 11.8 Å². The molecule has 0 aliphatic carbocycles. The number of hydrogen-bond donors (Lipinski definition) is 0. The Bertz CT molecular complexity index is 1160. The van der Waals surface area contributed by atoms with Crippen molar-refractivity contribution in [1.82, 2.24) is 4.90 Å². The van der Waals surface area contributed by atoms with Gasteiger partial charge in [-0.2, -0.15) is 0 Å². The molecule has 2 aliphatic heterocycles. The van der Waals surface area contributed by atoms with E-state index in [0.717, 1.165) is 52.7 Å². The van der Waals surface area contributed by atoms with Crippen molar-refractivity contribution in [3.05, 3.63) is 94.5 Å². The van der Waals surface area contributed by atoms with E-state index < -0.39 is 0 Å². The number of halogens is 1. The molecule has 1 unspecified atom stereocenters. The number of carbonyl (C=O) groups is 1. The minimum absolute atomic E-state index is 0.160. The summed E-state index contributed by atoms with van der Waals surface area (Å²) in [6.45, 7) is 4.41. The Morgan fingerprint density at radius 1 is 1.00 bits per heavy atom. The minimum Gasteiger partial charge on any atom is -0.490 e. The average Bonchev–Trinajstić information content (AvgIpc) is 3.13. The maximum absolute atomic E-state index is 13.5. The number of rotatable bonds is 7. The van der Waals surface area contributed by atoms with E-state index in [1.165, 1.54) is 11.1 Å². The zero-order valence-corrected chi connectivity index (χ0v) is 21.9. The van der Waals surface area contributed by atoms with E-state index in [1.54, 1.807) is 11.8 Å². The number of amides is 1. The number of ether oxygens (including phenoxy) is 1. The molecule has 35 heavy (non-hydrogen) atoms. The fraction of sp³-hybridized carbons (Fsp3) is 0.367. The zero-order valence-electron chi connectivity index (χ0n) is 20.3. The summed E-state index contributed by atoms with van der Waals surface area (Å²) in [6.07, 6.45) is 4.11. The van der Waals surface area contributed by atoms with E-state index in [-0.39, 0.29) is 24.1 Å². The Hall–Kier alpha value is -2.43. The second-order valence-corrected chi connectivity index (χ2v) is 11.4. The van der Waals surface area contributed by atoms with Crippen LogP contribution in [0.4, 0.5) is 0 Å². The predicted molar refractivity (Wildman–Crippen MR) is 145 cm³/mol. The van der Waals surface area contributed by atoms with E-state index in [0.29, 0.717) is 5.92 Å². The quantitative estimate of drug-likeness (QED) is 0.305. The van der Waals surface area contributed by atoms with E-state index in [2.05, 4.69) is 55.1 Å². The predicted octanol–water partition coefficient (Wildman–Crippen LogP) is 7.97. The van der Waals surface area contributed by atoms with Crippen LogP contribution in [0.5, 0.6) is 5.75 Å². The summed E-state index contributed by atoms with van der Waals surface area (Å²) < 4.78 is 6.50. The lowest BCUT2D eigenvalue weighted by molar-refractivity contribution is 0.0356. The number of para-hydroxylation sites is 1. The molecule has 3 aromatic rings. The molecular weight excluding hydrogens is 474 g/mol. The molecule has 5 rings (SSSR count). The summed E-state index contributed by atoms with van der Waals surface area (Å²) in [4.78, 5) is 16.8. The molecule has 0 aromatic heterocycles. The Kier molecular flexibility index (Phi) is 7.40. The maximum atomic E-state index is 13.5. The molecule has 0 spiro atoms. The summed E-state index contributed by atoms with van der Waals surface area (Å²) >= 11 is 7.84. The molecule has 0 saturated carbocycles. The largest absolute Gasteiger partial charge is 0.490 e. The molecule has 2 aliphatic rings. The molecular formula is C30H32ClNO2S. The maximum Gasteiger partial charge on any atom is 0.254 e. The fourth-order valence-electron chi connectivity index (χ4n) is 5.42. The van der Waals surface area contributed by atoms with Crippen LogP contribution >= 0.6 is 23.4 Å². The number of benzene rings is 3. The highest BCUT2D eigenvalue weighted by molar-refractivity contribution is 7.98. The van der Waals surface area contributed by atoms with Crippen molar-refractivity contribution in [1.29, 1.82) is 0 Å². The number of fused-ring (bicyclic) bond motifs is 2. The number of piperidine rings is 1. The van der Waals surface area contributed by atoms with Gasteiger partial charge in [0, 0.05) is 46.2 Å². The van der Waals surface area contributed by atoms with Crippen LogP contribution in [0.15, 0.2) is 77.7 Å².